The van der Waals surface area contributed by atoms with Gasteiger partial charge in [0.05, 0.1) is 11.5 Å². The first-order chi connectivity index (χ1) is 9.60. The van der Waals surface area contributed by atoms with Gasteiger partial charge in [-0.15, -0.1) is 10.2 Å². The van der Waals surface area contributed by atoms with Crippen molar-refractivity contribution in [3.8, 4) is 0 Å². The normalized spacial score (nSPS) is 10.2. The van der Waals surface area contributed by atoms with Crippen LogP contribution in [0.3, 0.4) is 0 Å². The van der Waals surface area contributed by atoms with Crippen molar-refractivity contribution in [1.82, 2.24) is 10.2 Å². The number of hydrogen-bond donors (Lipinski definition) is 1. The molecule has 0 bridgehead atoms. The minimum atomic E-state index is -0.528. The topological polar surface area (TPSA) is 98.0 Å². The summed E-state index contributed by atoms with van der Waals surface area (Å²) < 4.78 is 0.801. The van der Waals surface area contributed by atoms with Crippen LogP contribution >= 0.6 is 23.1 Å². The third kappa shape index (κ3) is 3.52. The molecule has 0 spiro atoms. The van der Waals surface area contributed by atoms with E-state index in [4.69, 9.17) is 0 Å². The first-order valence-electron chi connectivity index (χ1n) is 5.49. The van der Waals surface area contributed by atoms with Gasteiger partial charge in [-0.25, -0.2) is 0 Å². The van der Waals surface area contributed by atoms with Gasteiger partial charge in [0.15, 0.2) is 10.1 Å². The number of ketones is 1. The number of aromatic nitrogens is 2. The maximum absolute atomic E-state index is 11.9. The molecule has 0 atom stereocenters. The molecule has 7 nitrogen and oxygen atoms in total. The fraction of sp³-hybridized carbons (Fsp3) is 0.182. The number of carbonyl (C=O) groups excluding carboxylic acids is 1. The lowest BCUT2D eigenvalue weighted by Gasteiger charge is -2.01. The lowest BCUT2D eigenvalue weighted by molar-refractivity contribution is -0.384. The number of carbonyl (C=O) groups is 1. The van der Waals surface area contributed by atoms with Crippen LogP contribution in [0, 0.1) is 10.1 Å². The highest BCUT2D eigenvalue weighted by Crippen LogP contribution is 2.23. The highest BCUT2D eigenvalue weighted by atomic mass is 32.2. The molecule has 104 valence electrons. The summed E-state index contributed by atoms with van der Waals surface area (Å²) in [5.41, 5.74) is 0.192. The maximum atomic E-state index is 11.9. The summed E-state index contributed by atoms with van der Waals surface area (Å²) in [7, 11) is 0. The van der Waals surface area contributed by atoms with Crippen molar-refractivity contribution in [2.24, 2.45) is 0 Å². The summed E-state index contributed by atoms with van der Waals surface area (Å²) in [5.74, 6) is -0.241. The Bertz CT molecular complexity index is 644. The van der Waals surface area contributed by atoms with E-state index in [1.54, 1.807) is 6.07 Å². The highest BCUT2D eigenvalue weighted by Gasteiger charge is 2.12. The monoisotopic (exact) mass is 310 g/mol. The molecule has 0 aliphatic carbocycles. The number of hydrogen-bond acceptors (Lipinski definition) is 8. The summed E-state index contributed by atoms with van der Waals surface area (Å²) >= 11 is 2.82. The molecule has 0 saturated heterocycles. The molecular weight excluding hydrogens is 300 g/mol. The second kappa shape index (κ2) is 6.44. The van der Waals surface area contributed by atoms with E-state index in [1.165, 1.54) is 41.3 Å². The van der Waals surface area contributed by atoms with Crippen molar-refractivity contribution in [2.45, 2.75) is 4.34 Å². The zero-order chi connectivity index (χ0) is 14.5. The van der Waals surface area contributed by atoms with E-state index in [-0.39, 0.29) is 18.0 Å². The summed E-state index contributed by atoms with van der Waals surface area (Å²) in [6, 6.07) is 5.64. The smallest absolute Gasteiger partial charge is 0.270 e. The van der Waals surface area contributed by atoms with Crippen LogP contribution in [0.2, 0.25) is 0 Å². The predicted octanol–water partition coefficient (Wildman–Crippen LogP) is 2.46. The molecule has 1 heterocycles. The number of thioether (sulfide) groups is 1. The number of nitro groups is 1. The van der Waals surface area contributed by atoms with Gasteiger partial charge in [-0.2, -0.15) is 0 Å². The number of Topliss-reactive ketones (excluding diaryl/α,β-unsaturated/α-hetero) is 1. The van der Waals surface area contributed by atoms with E-state index < -0.39 is 4.92 Å². The number of anilines is 1. The van der Waals surface area contributed by atoms with Gasteiger partial charge in [-0.1, -0.05) is 35.2 Å². The van der Waals surface area contributed by atoms with Gasteiger partial charge < -0.3 is 5.32 Å². The highest BCUT2D eigenvalue weighted by molar-refractivity contribution is 8.00. The summed E-state index contributed by atoms with van der Waals surface area (Å²) in [4.78, 5) is 22.1. The first kappa shape index (κ1) is 14.4. The molecule has 2 rings (SSSR count). The van der Waals surface area contributed by atoms with E-state index in [2.05, 4.69) is 15.5 Å². The number of nitrogens with one attached hydrogen (secondary N) is 1. The van der Waals surface area contributed by atoms with Crippen LogP contribution in [0.1, 0.15) is 10.4 Å². The SMILES string of the molecule is CSc1nnc(NCC(=O)c2cccc([N+](=O)[O-])c2)s1. The van der Waals surface area contributed by atoms with E-state index in [9.17, 15) is 14.9 Å². The number of non-ortho nitro benzene ring substituents is 1. The standard InChI is InChI=1S/C11H10N4O3S2/c1-19-11-14-13-10(20-11)12-6-9(16)7-3-2-4-8(5-7)15(17)18/h2-5H,6H2,1H3,(H,12,13). The fourth-order valence-corrected chi connectivity index (χ4v) is 2.58. The molecule has 1 N–H and O–H groups in total. The van der Waals surface area contributed by atoms with Crippen molar-refractivity contribution < 1.29 is 9.72 Å². The summed E-state index contributed by atoms with van der Waals surface area (Å²) in [6.45, 7) is 0.0180. The van der Waals surface area contributed by atoms with Gasteiger partial charge >= 0.3 is 0 Å². The molecule has 1 aromatic carbocycles. The Balaban J connectivity index is 2.01. The molecular formula is C11H10N4O3S2. The van der Waals surface area contributed by atoms with E-state index >= 15 is 0 Å². The third-order valence-corrected chi connectivity index (χ3v) is 4.22. The van der Waals surface area contributed by atoms with Crippen molar-refractivity contribution >= 4 is 39.7 Å². The molecule has 1 aromatic heterocycles. The minimum absolute atomic E-state index is 0.0180. The van der Waals surface area contributed by atoms with Crippen LogP contribution in [0.25, 0.3) is 0 Å². The molecule has 2 aromatic rings. The zero-order valence-corrected chi connectivity index (χ0v) is 12.0. The van der Waals surface area contributed by atoms with Crippen molar-refractivity contribution in [3.63, 3.8) is 0 Å². The minimum Gasteiger partial charge on any atom is -0.353 e. The van der Waals surface area contributed by atoms with Crippen LogP contribution in [-0.2, 0) is 0 Å². The third-order valence-electron chi connectivity index (χ3n) is 2.36. The molecule has 0 aliphatic rings. The lowest BCUT2D eigenvalue weighted by atomic mass is 10.1. The summed E-state index contributed by atoms with van der Waals surface area (Å²) in [6.07, 6.45) is 1.89. The molecule has 0 saturated carbocycles. The zero-order valence-electron chi connectivity index (χ0n) is 10.4. The molecule has 9 heteroatoms. The second-order valence-corrected chi connectivity index (χ2v) is 5.69. The quantitative estimate of drug-likeness (QED) is 0.379. The Morgan fingerprint density at radius 3 is 2.95 bits per heavy atom. The number of rotatable bonds is 6. The van der Waals surface area contributed by atoms with Gasteiger partial charge in [0, 0.05) is 17.7 Å². The summed E-state index contributed by atoms with van der Waals surface area (Å²) in [5, 5.41) is 21.8. The lowest BCUT2D eigenvalue weighted by Crippen LogP contribution is -2.14. The van der Waals surface area contributed by atoms with Crippen molar-refractivity contribution in [2.75, 3.05) is 18.1 Å². The molecule has 20 heavy (non-hydrogen) atoms. The van der Waals surface area contributed by atoms with Gasteiger partial charge in [0.1, 0.15) is 0 Å². The van der Waals surface area contributed by atoms with Crippen LogP contribution in [0.15, 0.2) is 28.6 Å². The number of benzene rings is 1. The Morgan fingerprint density at radius 1 is 1.50 bits per heavy atom. The van der Waals surface area contributed by atoms with Gasteiger partial charge in [0.25, 0.3) is 5.69 Å². The Morgan fingerprint density at radius 2 is 2.30 bits per heavy atom. The predicted molar refractivity (Wildman–Crippen MR) is 77.6 cm³/mol. The molecule has 0 amide bonds. The van der Waals surface area contributed by atoms with Gasteiger partial charge in [-0.3, -0.25) is 14.9 Å². The average Bonchev–Trinajstić information content (AvgIpc) is 2.93. The van der Waals surface area contributed by atoms with Crippen LogP contribution in [0.5, 0.6) is 0 Å². The van der Waals surface area contributed by atoms with E-state index in [0.29, 0.717) is 10.7 Å². The number of nitro benzene ring substituents is 1. The Kier molecular flexibility index (Phi) is 4.64. The van der Waals surface area contributed by atoms with E-state index in [0.717, 1.165) is 4.34 Å². The van der Waals surface area contributed by atoms with Crippen LogP contribution < -0.4 is 5.32 Å². The fourth-order valence-electron chi connectivity index (χ4n) is 1.41. The molecule has 0 radical (unpaired) electrons. The average molecular weight is 310 g/mol. The van der Waals surface area contributed by atoms with Crippen LogP contribution in [0.4, 0.5) is 10.8 Å². The Labute approximate surface area is 122 Å². The van der Waals surface area contributed by atoms with Crippen LogP contribution in [-0.4, -0.2) is 33.7 Å². The largest absolute Gasteiger partial charge is 0.353 e. The van der Waals surface area contributed by atoms with E-state index in [1.807, 2.05) is 6.26 Å². The molecule has 0 unspecified atom stereocenters. The maximum Gasteiger partial charge on any atom is 0.270 e. The molecule has 0 fully saturated rings. The van der Waals surface area contributed by atoms with Crippen molar-refractivity contribution in [3.05, 3.63) is 39.9 Å². The molecule has 0 aliphatic heterocycles. The Hall–Kier alpha value is -2.00. The number of nitrogens with zero attached hydrogens (tertiary/aromatic N) is 3. The van der Waals surface area contributed by atoms with Gasteiger partial charge in [0.2, 0.25) is 5.13 Å². The van der Waals surface area contributed by atoms with Gasteiger partial charge in [-0.05, 0) is 6.26 Å². The first-order valence-corrected chi connectivity index (χ1v) is 7.53. The van der Waals surface area contributed by atoms with Crippen molar-refractivity contribution in [1.29, 1.82) is 0 Å². The second-order valence-electron chi connectivity index (χ2n) is 3.66.